The van der Waals surface area contributed by atoms with Crippen molar-refractivity contribution in [2.75, 3.05) is 6.61 Å². The summed E-state index contributed by atoms with van der Waals surface area (Å²) in [7, 11) is 0. The highest BCUT2D eigenvalue weighted by Gasteiger charge is 2.21. The van der Waals surface area contributed by atoms with E-state index in [4.69, 9.17) is 4.74 Å². The summed E-state index contributed by atoms with van der Waals surface area (Å²) < 4.78 is 18.3. The van der Waals surface area contributed by atoms with E-state index in [1.165, 1.54) is 12.1 Å². The third-order valence-electron chi connectivity index (χ3n) is 4.10. The van der Waals surface area contributed by atoms with E-state index in [0.717, 1.165) is 16.9 Å². The summed E-state index contributed by atoms with van der Waals surface area (Å²) in [5.41, 5.74) is 1.82. The molecule has 3 aromatic rings. The molecule has 1 amide bonds. The molecular weight excluding hydrogens is 333 g/mol. The van der Waals surface area contributed by atoms with Gasteiger partial charge in [-0.3, -0.25) is 4.79 Å². The largest absolute Gasteiger partial charge is 0.493 e. The Morgan fingerprint density at radius 1 is 1.19 bits per heavy atom. The molecule has 0 saturated carbocycles. The fourth-order valence-electron chi connectivity index (χ4n) is 2.71. The Hall–Kier alpha value is -2.89. The van der Waals surface area contributed by atoms with Crippen molar-refractivity contribution in [2.45, 2.75) is 26.3 Å². The molecule has 26 heavy (non-hydrogen) atoms. The van der Waals surface area contributed by atoms with Gasteiger partial charge in [-0.05, 0) is 42.3 Å². The molecule has 3 rings (SSSR count). The maximum absolute atomic E-state index is 12.9. The Bertz CT molecular complexity index is 841. The first kappa shape index (κ1) is 17.9. The number of fused-ring (bicyclic) bond motifs is 1. The van der Waals surface area contributed by atoms with E-state index in [1.54, 1.807) is 12.1 Å². The highest BCUT2D eigenvalue weighted by atomic mass is 19.1. The molecule has 1 heterocycles. The van der Waals surface area contributed by atoms with E-state index in [0.29, 0.717) is 5.75 Å². The van der Waals surface area contributed by atoms with Gasteiger partial charge in [0, 0.05) is 0 Å². The number of imidazole rings is 1. The van der Waals surface area contributed by atoms with E-state index >= 15 is 0 Å². The number of hydrogen-bond acceptors (Lipinski definition) is 3. The Labute approximate surface area is 151 Å². The van der Waals surface area contributed by atoms with Gasteiger partial charge in [0.2, 0.25) is 5.91 Å². The van der Waals surface area contributed by atoms with E-state index in [9.17, 15) is 9.18 Å². The van der Waals surface area contributed by atoms with E-state index in [2.05, 4.69) is 15.3 Å². The molecule has 1 unspecified atom stereocenters. The molecule has 0 bridgehead atoms. The van der Waals surface area contributed by atoms with Crippen molar-refractivity contribution < 1.29 is 13.9 Å². The minimum absolute atomic E-state index is 0.119. The molecule has 5 nitrogen and oxygen atoms in total. The predicted octanol–water partition coefficient (Wildman–Crippen LogP) is 3.98. The van der Waals surface area contributed by atoms with Gasteiger partial charge in [0.25, 0.3) is 0 Å². The fraction of sp³-hybridized carbons (Fsp3) is 0.300. The maximum Gasteiger partial charge on any atom is 0.224 e. The smallest absolute Gasteiger partial charge is 0.224 e. The topological polar surface area (TPSA) is 67.0 Å². The zero-order chi connectivity index (χ0) is 18.5. The number of nitrogens with zero attached hydrogens (tertiary/aromatic N) is 1. The van der Waals surface area contributed by atoms with Crippen molar-refractivity contribution in [1.82, 2.24) is 15.3 Å². The van der Waals surface area contributed by atoms with Gasteiger partial charge in [0.1, 0.15) is 17.4 Å². The molecule has 0 saturated heterocycles. The summed E-state index contributed by atoms with van der Waals surface area (Å²) in [6, 6.07) is 13.3. The van der Waals surface area contributed by atoms with Crippen LogP contribution in [-0.4, -0.2) is 22.5 Å². The van der Waals surface area contributed by atoms with Crippen molar-refractivity contribution >= 4 is 16.9 Å². The molecule has 1 aromatic heterocycles. The second-order valence-electron chi connectivity index (χ2n) is 6.48. The number of benzene rings is 2. The molecule has 136 valence electrons. The van der Waals surface area contributed by atoms with Gasteiger partial charge in [-0.2, -0.15) is 0 Å². The van der Waals surface area contributed by atoms with Crippen LogP contribution in [0.1, 0.15) is 32.1 Å². The lowest BCUT2D eigenvalue weighted by atomic mass is 10.0. The summed E-state index contributed by atoms with van der Waals surface area (Å²) >= 11 is 0. The lowest BCUT2D eigenvalue weighted by Crippen LogP contribution is -2.33. The molecule has 2 N–H and O–H groups in total. The second kappa shape index (κ2) is 7.99. The molecule has 0 fully saturated rings. The van der Waals surface area contributed by atoms with Crippen LogP contribution in [-0.2, 0) is 4.79 Å². The number of aromatic nitrogens is 2. The quantitative estimate of drug-likeness (QED) is 0.673. The molecular formula is C20H22FN3O2. The monoisotopic (exact) mass is 355 g/mol. The van der Waals surface area contributed by atoms with Crippen LogP contribution in [0.5, 0.6) is 5.75 Å². The van der Waals surface area contributed by atoms with Gasteiger partial charge in [-0.15, -0.1) is 0 Å². The van der Waals surface area contributed by atoms with Crippen molar-refractivity contribution in [3.05, 3.63) is 60.2 Å². The first-order valence-electron chi connectivity index (χ1n) is 8.65. The van der Waals surface area contributed by atoms with Gasteiger partial charge in [-0.25, -0.2) is 9.37 Å². The molecule has 0 radical (unpaired) electrons. The minimum atomic E-state index is -0.319. The Kier molecular flexibility index (Phi) is 5.51. The zero-order valence-electron chi connectivity index (χ0n) is 14.8. The number of halogens is 1. The number of rotatable bonds is 7. The summed E-state index contributed by atoms with van der Waals surface area (Å²) in [5, 5.41) is 3.02. The molecule has 0 aliphatic rings. The minimum Gasteiger partial charge on any atom is -0.493 e. The SMILES string of the molecule is CC(C)C(NC(=O)CCOc1ccc(F)cc1)c1nc2ccccc2[nH]1. The number of amides is 1. The predicted molar refractivity (Wildman–Crippen MR) is 98.3 cm³/mol. The number of ether oxygens (including phenoxy) is 1. The van der Waals surface area contributed by atoms with Crippen molar-refractivity contribution in [2.24, 2.45) is 5.92 Å². The van der Waals surface area contributed by atoms with E-state index in [-0.39, 0.29) is 36.7 Å². The Morgan fingerprint density at radius 2 is 1.92 bits per heavy atom. The summed E-state index contributed by atoms with van der Waals surface area (Å²) in [4.78, 5) is 20.2. The fourth-order valence-corrected chi connectivity index (χ4v) is 2.71. The van der Waals surface area contributed by atoms with Crippen molar-refractivity contribution in [1.29, 1.82) is 0 Å². The van der Waals surface area contributed by atoms with Gasteiger partial charge >= 0.3 is 0 Å². The number of para-hydroxylation sites is 2. The van der Waals surface area contributed by atoms with Gasteiger partial charge in [0.15, 0.2) is 0 Å². The molecule has 0 spiro atoms. The first-order valence-corrected chi connectivity index (χ1v) is 8.65. The van der Waals surface area contributed by atoms with Crippen LogP contribution in [0.25, 0.3) is 11.0 Å². The van der Waals surface area contributed by atoms with E-state index < -0.39 is 0 Å². The van der Waals surface area contributed by atoms with Gasteiger partial charge in [0.05, 0.1) is 30.1 Å². The highest BCUT2D eigenvalue weighted by Crippen LogP contribution is 2.22. The van der Waals surface area contributed by atoms with Gasteiger partial charge in [-0.1, -0.05) is 26.0 Å². The zero-order valence-corrected chi connectivity index (χ0v) is 14.8. The van der Waals surface area contributed by atoms with Crippen molar-refractivity contribution in [3.63, 3.8) is 0 Å². The van der Waals surface area contributed by atoms with Crippen LogP contribution in [0.15, 0.2) is 48.5 Å². The Balaban J connectivity index is 1.58. The highest BCUT2D eigenvalue weighted by molar-refractivity contribution is 5.77. The number of H-pyrrole nitrogens is 1. The van der Waals surface area contributed by atoms with Crippen LogP contribution in [0.4, 0.5) is 4.39 Å². The number of carbonyl (C=O) groups is 1. The second-order valence-corrected chi connectivity index (χ2v) is 6.48. The third kappa shape index (κ3) is 4.39. The maximum atomic E-state index is 12.9. The summed E-state index contributed by atoms with van der Waals surface area (Å²) in [6.07, 6.45) is 0.209. The summed E-state index contributed by atoms with van der Waals surface area (Å²) in [5.74, 6) is 1.02. The number of nitrogens with one attached hydrogen (secondary N) is 2. The average Bonchev–Trinajstić information content (AvgIpc) is 3.05. The average molecular weight is 355 g/mol. The lowest BCUT2D eigenvalue weighted by molar-refractivity contribution is -0.122. The van der Waals surface area contributed by atoms with Crippen LogP contribution in [0.3, 0.4) is 0 Å². The van der Waals surface area contributed by atoms with Crippen LogP contribution in [0, 0.1) is 11.7 Å². The molecule has 1 atom stereocenters. The molecule has 0 aliphatic carbocycles. The van der Waals surface area contributed by atoms with Crippen molar-refractivity contribution in [3.8, 4) is 5.75 Å². The molecule has 2 aromatic carbocycles. The standard InChI is InChI=1S/C20H22FN3O2/c1-13(2)19(20-22-16-5-3-4-6-17(16)23-20)24-18(25)11-12-26-15-9-7-14(21)8-10-15/h3-10,13,19H,11-12H2,1-2H3,(H,22,23)(H,24,25). The lowest BCUT2D eigenvalue weighted by Gasteiger charge is -2.20. The number of hydrogen-bond donors (Lipinski definition) is 2. The number of carbonyl (C=O) groups excluding carboxylic acids is 1. The summed E-state index contributed by atoms with van der Waals surface area (Å²) in [6.45, 7) is 4.29. The van der Waals surface area contributed by atoms with Gasteiger partial charge < -0.3 is 15.0 Å². The van der Waals surface area contributed by atoms with Crippen LogP contribution >= 0.6 is 0 Å². The normalized spacial score (nSPS) is 12.3. The Morgan fingerprint density at radius 3 is 2.62 bits per heavy atom. The first-order chi connectivity index (χ1) is 12.5. The number of aromatic amines is 1. The van der Waals surface area contributed by atoms with Crippen LogP contribution < -0.4 is 10.1 Å². The van der Waals surface area contributed by atoms with E-state index in [1.807, 2.05) is 38.1 Å². The third-order valence-corrected chi connectivity index (χ3v) is 4.10. The molecule has 0 aliphatic heterocycles. The van der Waals surface area contributed by atoms with Crippen LogP contribution in [0.2, 0.25) is 0 Å². The molecule has 6 heteroatoms.